The summed E-state index contributed by atoms with van der Waals surface area (Å²) in [5, 5.41) is 2.36. The van der Waals surface area contributed by atoms with Crippen LogP contribution in [0.25, 0.3) is 0 Å². The Balaban J connectivity index is 1.80. The third kappa shape index (κ3) is 3.51. The van der Waals surface area contributed by atoms with Gasteiger partial charge in [0.1, 0.15) is 6.61 Å². The summed E-state index contributed by atoms with van der Waals surface area (Å²) in [5.41, 5.74) is 0.751. The molecule has 1 aliphatic rings. The Bertz CT molecular complexity index is 457. The van der Waals surface area contributed by atoms with Gasteiger partial charge < -0.3 is 9.47 Å². The van der Waals surface area contributed by atoms with Gasteiger partial charge in [-0.2, -0.15) is 0 Å². The van der Waals surface area contributed by atoms with Crippen LogP contribution in [0.4, 0.5) is 9.18 Å². The Kier molecular flexibility index (Phi) is 4.11. The van der Waals surface area contributed by atoms with Crippen molar-refractivity contribution in [3.63, 3.8) is 0 Å². The fourth-order valence-electron chi connectivity index (χ4n) is 1.78. The number of benzene rings is 1. The van der Waals surface area contributed by atoms with E-state index >= 15 is 0 Å². The minimum absolute atomic E-state index is 0.00218. The summed E-state index contributed by atoms with van der Waals surface area (Å²) >= 11 is 0. The molecule has 1 saturated heterocycles. The van der Waals surface area contributed by atoms with E-state index in [4.69, 9.17) is 4.74 Å². The molecule has 1 atom stereocenters. The van der Waals surface area contributed by atoms with Crippen molar-refractivity contribution in [3.05, 3.63) is 35.9 Å². The van der Waals surface area contributed by atoms with Crippen molar-refractivity contribution in [1.29, 1.82) is 0 Å². The molecular formula is C13H14FNO4. The molecule has 1 aliphatic heterocycles. The Morgan fingerprint density at radius 3 is 2.68 bits per heavy atom. The Morgan fingerprint density at radius 1 is 1.32 bits per heavy atom. The van der Waals surface area contributed by atoms with Crippen molar-refractivity contribution >= 4 is 12.1 Å². The van der Waals surface area contributed by atoms with Gasteiger partial charge in [-0.15, -0.1) is 0 Å². The number of carbonyl (C=O) groups excluding carboxylic acids is 2. The molecule has 102 valence electrons. The molecule has 1 N–H and O–H groups in total. The fourth-order valence-corrected chi connectivity index (χ4v) is 1.78. The highest BCUT2D eigenvalue weighted by Gasteiger charge is 2.44. The first-order valence-corrected chi connectivity index (χ1v) is 5.97. The molecule has 1 fully saturated rings. The lowest BCUT2D eigenvalue weighted by Crippen LogP contribution is -2.45. The number of nitrogens with one attached hydrogen (secondary N) is 1. The van der Waals surface area contributed by atoms with Gasteiger partial charge in [0.25, 0.3) is 5.79 Å². The van der Waals surface area contributed by atoms with E-state index in [1.165, 1.54) is 0 Å². The average Bonchev–Trinajstić information content (AvgIpc) is 2.86. The quantitative estimate of drug-likeness (QED) is 0.515. The number of rotatable bonds is 3. The first-order chi connectivity index (χ1) is 9.10. The van der Waals surface area contributed by atoms with Gasteiger partial charge in [-0.05, 0) is 18.5 Å². The Morgan fingerprint density at radius 2 is 2.05 bits per heavy atom. The molecule has 0 unspecified atom stereocenters. The summed E-state index contributed by atoms with van der Waals surface area (Å²) in [6.07, 6.45) is -0.679. The third-order valence-electron chi connectivity index (χ3n) is 2.80. The lowest BCUT2D eigenvalue weighted by atomic mass is 10.2. The van der Waals surface area contributed by atoms with Crippen LogP contribution >= 0.6 is 0 Å². The minimum atomic E-state index is -2.27. The largest absolute Gasteiger partial charge is 0.516 e. The van der Waals surface area contributed by atoms with Crippen LogP contribution < -0.4 is 5.32 Å². The SMILES string of the molecule is O=C(OCc1ccccc1)OC(=O)[C@@]1(F)CCCN1. The summed E-state index contributed by atoms with van der Waals surface area (Å²) in [4.78, 5) is 22.7. The van der Waals surface area contributed by atoms with Crippen LogP contribution in [0.3, 0.4) is 0 Å². The average molecular weight is 267 g/mol. The number of carbonyl (C=O) groups is 2. The first-order valence-electron chi connectivity index (χ1n) is 5.97. The molecule has 0 radical (unpaired) electrons. The molecule has 0 aliphatic carbocycles. The van der Waals surface area contributed by atoms with E-state index in [-0.39, 0.29) is 13.0 Å². The van der Waals surface area contributed by atoms with Gasteiger partial charge in [0.2, 0.25) is 0 Å². The second-order valence-corrected chi connectivity index (χ2v) is 4.25. The molecule has 0 aromatic heterocycles. The van der Waals surface area contributed by atoms with Gasteiger partial charge in [-0.3, -0.25) is 5.32 Å². The molecule has 0 spiro atoms. The van der Waals surface area contributed by atoms with Gasteiger partial charge in [-0.25, -0.2) is 14.0 Å². The zero-order valence-corrected chi connectivity index (χ0v) is 10.2. The van der Waals surface area contributed by atoms with Crippen molar-refractivity contribution in [2.24, 2.45) is 0 Å². The van der Waals surface area contributed by atoms with Crippen molar-refractivity contribution < 1.29 is 23.5 Å². The summed E-state index contributed by atoms with van der Waals surface area (Å²) in [6, 6.07) is 8.90. The van der Waals surface area contributed by atoms with Gasteiger partial charge in [0, 0.05) is 6.42 Å². The van der Waals surface area contributed by atoms with Gasteiger partial charge in [-0.1, -0.05) is 30.3 Å². The lowest BCUT2D eigenvalue weighted by molar-refractivity contribution is -0.155. The number of esters is 1. The molecule has 1 aromatic rings. The number of alkyl halides is 1. The van der Waals surface area contributed by atoms with E-state index in [0.717, 1.165) is 5.56 Å². The van der Waals surface area contributed by atoms with E-state index in [2.05, 4.69) is 10.1 Å². The molecule has 5 nitrogen and oxygen atoms in total. The molecule has 6 heteroatoms. The van der Waals surface area contributed by atoms with Crippen LogP contribution in [0, 0.1) is 0 Å². The molecule has 1 aromatic carbocycles. The molecule has 1 heterocycles. The van der Waals surface area contributed by atoms with Gasteiger partial charge >= 0.3 is 12.1 Å². The number of ether oxygens (including phenoxy) is 2. The third-order valence-corrected chi connectivity index (χ3v) is 2.80. The Labute approximate surface area is 109 Å². The van der Waals surface area contributed by atoms with Crippen LogP contribution in [0.2, 0.25) is 0 Å². The van der Waals surface area contributed by atoms with E-state index in [9.17, 15) is 14.0 Å². The summed E-state index contributed by atoms with van der Waals surface area (Å²) in [6.45, 7) is 0.352. The van der Waals surface area contributed by atoms with Crippen molar-refractivity contribution in [2.45, 2.75) is 25.2 Å². The van der Waals surface area contributed by atoms with Crippen LogP contribution in [-0.4, -0.2) is 24.5 Å². The number of hydrogen-bond donors (Lipinski definition) is 1. The standard InChI is InChI=1S/C13H14FNO4/c14-13(7-4-8-15-13)11(16)19-12(17)18-9-10-5-2-1-3-6-10/h1-3,5-6,15H,4,7-9H2/t13-/m1/s1. The number of hydrogen-bond acceptors (Lipinski definition) is 5. The second-order valence-electron chi connectivity index (χ2n) is 4.25. The van der Waals surface area contributed by atoms with Crippen LogP contribution in [0.1, 0.15) is 18.4 Å². The molecule has 19 heavy (non-hydrogen) atoms. The predicted octanol–water partition coefficient (Wildman–Crippen LogP) is 1.92. The van der Waals surface area contributed by atoms with Gasteiger partial charge in [0.15, 0.2) is 0 Å². The minimum Gasteiger partial charge on any atom is -0.429 e. The maximum atomic E-state index is 13.8. The molecule has 2 rings (SSSR count). The molecular weight excluding hydrogens is 253 g/mol. The van der Waals surface area contributed by atoms with Crippen molar-refractivity contribution in [1.82, 2.24) is 5.32 Å². The van der Waals surface area contributed by atoms with E-state index in [0.29, 0.717) is 13.0 Å². The lowest BCUT2D eigenvalue weighted by Gasteiger charge is -2.16. The van der Waals surface area contributed by atoms with Crippen LogP contribution in [-0.2, 0) is 20.9 Å². The zero-order chi connectivity index (χ0) is 13.7. The Hall–Kier alpha value is -1.95. The summed E-state index contributed by atoms with van der Waals surface area (Å²) in [5.74, 6) is -3.52. The van der Waals surface area contributed by atoms with Crippen molar-refractivity contribution in [3.8, 4) is 0 Å². The van der Waals surface area contributed by atoms with Gasteiger partial charge in [0.05, 0.1) is 0 Å². The molecule has 0 amide bonds. The zero-order valence-electron chi connectivity index (χ0n) is 10.2. The molecule has 0 bridgehead atoms. The maximum Gasteiger partial charge on any atom is 0.516 e. The smallest absolute Gasteiger partial charge is 0.429 e. The van der Waals surface area contributed by atoms with E-state index in [1.807, 2.05) is 6.07 Å². The summed E-state index contributed by atoms with van der Waals surface area (Å²) in [7, 11) is 0. The normalized spacial score (nSPS) is 21.9. The molecule has 0 saturated carbocycles. The predicted molar refractivity (Wildman–Crippen MR) is 63.8 cm³/mol. The fraction of sp³-hybridized carbons (Fsp3) is 0.385. The van der Waals surface area contributed by atoms with E-state index in [1.54, 1.807) is 24.3 Å². The second kappa shape index (κ2) is 5.79. The topological polar surface area (TPSA) is 64.6 Å². The first kappa shape index (κ1) is 13.5. The van der Waals surface area contributed by atoms with Crippen LogP contribution in [0.5, 0.6) is 0 Å². The highest BCUT2D eigenvalue weighted by Crippen LogP contribution is 2.22. The highest BCUT2D eigenvalue weighted by molar-refractivity contribution is 5.87. The maximum absolute atomic E-state index is 13.8. The monoisotopic (exact) mass is 267 g/mol. The van der Waals surface area contributed by atoms with Crippen molar-refractivity contribution in [2.75, 3.05) is 6.54 Å². The number of halogens is 1. The highest BCUT2D eigenvalue weighted by atomic mass is 19.1. The van der Waals surface area contributed by atoms with E-state index < -0.39 is 17.9 Å². The summed E-state index contributed by atoms with van der Waals surface area (Å²) < 4.78 is 22.9. The van der Waals surface area contributed by atoms with Crippen LogP contribution in [0.15, 0.2) is 30.3 Å².